The highest BCUT2D eigenvalue weighted by molar-refractivity contribution is 6.31. The van der Waals surface area contributed by atoms with Gasteiger partial charge in [0.1, 0.15) is 6.54 Å². The molecule has 0 bridgehead atoms. The van der Waals surface area contributed by atoms with E-state index < -0.39 is 0 Å². The molecule has 180 valence electrons. The molecular weight excluding hydrogens is 434 g/mol. The fraction of sp³-hybridized carbons (Fsp3) is 0.556. The minimum atomic E-state index is 0.0448. The number of carbonyl (C=O) groups is 2. The molecule has 3 rings (SSSR count). The van der Waals surface area contributed by atoms with E-state index in [1.807, 2.05) is 55.3 Å². The Balaban J connectivity index is 1.82. The largest absolute Gasteiger partial charge is 0.345 e. The zero-order valence-electron chi connectivity index (χ0n) is 20.3. The van der Waals surface area contributed by atoms with Gasteiger partial charge < -0.3 is 14.4 Å². The van der Waals surface area contributed by atoms with Gasteiger partial charge in [-0.1, -0.05) is 62.9 Å². The summed E-state index contributed by atoms with van der Waals surface area (Å²) in [5.74, 6) is 0.0953. The van der Waals surface area contributed by atoms with Gasteiger partial charge in [0.25, 0.3) is 0 Å². The van der Waals surface area contributed by atoms with Crippen molar-refractivity contribution in [2.45, 2.75) is 90.9 Å². The van der Waals surface area contributed by atoms with E-state index in [4.69, 9.17) is 11.6 Å². The number of hydrogen-bond donors (Lipinski definition) is 0. The topological polar surface area (TPSA) is 45.6 Å². The van der Waals surface area contributed by atoms with Gasteiger partial charge in [-0.25, -0.2) is 0 Å². The van der Waals surface area contributed by atoms with Crippen molar-refractivity contribution in [2.75, 3.05) is 6.54 Å². The van der Waals surface area contributed by atoms with Crippen LogP contribution in [-0.2, 0) is 22.7 Å². The van der Waals surface area contributed by atoms with E-state index in [2.05, 4.69) is 17.6 Å². The van der Waals surface area contributed by atoms with E-state index in [-0.39, 0.29) is 30.4 Å². The molecule has 0 saturated heterocycles. The minimum absolute atomic E-state index is 0.0448. The SMILES string of the molecule is CCC(=O)N(CC(=O)N(Cc1cccn1Cc1ccccc1Cl)C1CCCCC1)C(C)CC. The molecule has 1 atom stereocenters. The highest BCUT2D eigenvalue weighted by Crippen LogP contribution is 2.26. The summed E-state index contributed by atoms with van der Waals surface area (Å²) < 4.78 is 2.17. The van der Waals surface area contributed by atoms with Crippen LogP contribution in [0.1, 0.15) is 77.0 Å². The first-order valence-electron chi connectivity index (χ1n) is 12.4. The molecule has 0 spiro atoms. The first-order valence-corrected chi connectivity index (χ1v) is 12.8. The average Bonchev–Trinajstić information content (AvgIpc) is 3.28. The lowest BCUT2D eigenvalue weighted by Gasteiger charge is -2.37. The summed E-state index contributed by atoms with van der Waals surface area (Å²) in [6.45, 7) is 7.33. The van der Waals surface area contributed by atoms with Gasteiger partial charge in [0, 0.05) is 42.0 Å². The van der Waals surface area contributed by atoms with Crippen molar-refractivity contribution in [3.05, 3.63) is 58.9 Å². The lowest BCUT2D eigenvalue weighted by Crippen LogP contribution is -2.49. The zero-order chi connectivity index (χ0) is 23.8. The number of benzene rings is 1. The van der Waals surface area contributed by atoms with Crippen LogP contribution in [-0.4, -0.2) is 44.8 Å². The third-order valence-electron chi connectivity index (χ3n) is 6.94. The van der Waals surface area contributed by atoms with Crippen LogP contribution < -0.4 is 0 Å². The van der Waals surface area contributed by atoms with Gasteiger partial charge >= 0.3 is 0 Å². The van der Waals surface area contributed by atoms with Crippen LogP contribution in [0.2, 0.25) is 5.02 Å². The Bertz CT molecular complexity index is 920. The van der Waals surface area contributed by atoms with Crippen LogP contribution in [0.3, 0.4) is 0 Å². The molecule has 5 nitrogen and oxygen atoms in total. The number of nitrogens with zero attached hydrogens (tertiary/aromatic N) is 3. The predicted octanol–water partition coefficient (Wildman–Crippen LogP) is 5.89. The molecule has 2 aromatic rings. The van der Waals surface area contributed by atoms with E-state index in [0.29, 0.717) is 19.5 Å². The van der Waals surface area contributed by atoms with E-state index >= 15 is 0 Å². The average molecular weight is 472 g/mol. The zero-order valence-corrected chi connectivity index (χ0v) is 21.1. The van der Waals surface area contributed by atoms with Gasteiger partial charge in [-0.15, -0.1) is 0 Å². The second-order valence-corrected chi connectivity index (χ2v) is 9.57. The van der Waals surface area contributed by atoms with Gasteiger partial charge in [-0.3, -0.25) is 9.59 Å². The molecular formula is C27H38ClN3O2. The number of aromatic nitrogens is 1. The van der Waals surface area contributed by atoms with Crippen molar-refractivity contribution in [1.29, 1.82) is 0 Å². The van der Waals surface area contributed by atoms with Gasteiger partial charge in [-0.2, -0.15) is 0 Å². The van der Waals surface area contributed by atoms with Crippen LogP contribution in [0.5, 0.6) is 0 Å². The number of amides is 2. The molecule has 1 aliphatic rings. The maximum atomic E-state index is 13.6. The lowest BCUT2D eigenvalue weighted by molar-refractivity contribution is -0.144. The summed E-state index contributed by atoms with van der Waals surface area (Å²) in [4.78, 5) is 30.0. The summed E-state index contributed by atoms with van der Waals surface area (Å²) in [5, 5.41) is 0.750. The molecule has 1 heterocycles. The molecule has 0 aliphatic heterocycles. The highest BCUT2D eigenvalue weighted by atomic mass is 35.5. The number of rotatable bonds is 10. The van der Waals surface area contributed by atoms with Crippen LogP contribution in [0, 0.1) is 0 Å². The molecule has 2 amide bonds. The summed E-state index contributed by atoms with van der Waals surface area (Å²) >= 11 is 6.40. The van der Waals surface area contributed by atoms with Crippen molar-refractivity contribution in [3.8, 4) is 0 Å². The molecule has 33 heavy (non-hydrogen) atoms. The summed E-state index contributed by atoms with van der Waals surface area (Å²) in [5.41, 5.74) is 2.15. The molecule has 1 unspecified atom stereocenters. The van der Waals surface area contributed by atoms with Crippen LogP contribution in [0.15, 0.2) is 42.6 Å². The van der Waals surface area contributed by atoms with Gasteiger partial charge in [0.2, 0.25) is 11.8 Å². The van der Waals surface area contributed by atoms with Crippen LogP contribution >= 0.6 is 11.6 Å². The molecule has 1 aliphatic carbocycles. The molecule has 1 aromatic carbocycles. The second kappa shape index (κ2) is 12.3. The lowest BCUT2D eigenvalue weighted by atomic mass is 9.94. The molecule has 6 heteroatoms. The standard InChI is InChI=1S/C27H38ClN3O2/c1-4-21(3)30(26(32)5-2)20-27(33)31(23-13-7-6-8-14-23)19-24-15-11-17-29(24)18-22-12-9-10-16-25(22)28/h9-12,15-17,21,23H,4-8,13-14,18-20H2,1-3H3. The minimum Gasteiger partial charge on any atom is -0.345 e. The Morgan fingerprint density at radius 1 is 1.06 bits per heavy atom. The van der Waals surface area contributed by atoms with Gasteiger partial charge in [0.15, 0.2) is 0 Å². The third kappa shape index (κ3) is 6.63. The quantitative estimate of drug-likeness (QED) is 0.433. The highest BCUT2D eigenvalue weighted by Gasteiger charge is 2.29. The fourth-order valence-corrected chi connectivity index (χ4v) is 4.89. The number of hydrogen-bond acceptors (Lipinski definition) is 2. The van der Waals surface area contributed by atoms with Gasteiger partial charge in [0.05, 0.1) is 6.54 Å². The fourth-order valence-electron chi connectivity index (χ4n) is 4.70. The van der Waals surface area contributed by atoms with Crippen molar-refractivity contribution in [2.24, 2.45) is 0 Å². The van der Waals surface area contributed by atoms with E-state index in [9.17, 15) is 9.59 Å². The van der Waals surface area contributed by atoms with E-state index in [1.165, 1.54) is 6.42 Å². The number of halogens is 1. The molecule has 0 radical (unpaired) electrons. The van der Waals surface area contributed by atoms with Crippen molar-refractivity contribution >= 4 is 23.4 Å². The second-order valence-electron chi connectivity index (χ2n) is 9.16. The maximum Gasteiger partial charge on any atom is 0.242 e. The first kappa shape index (κ1) is 25.4. The van der Waals surface area contributed by atoms with Crippen LogP contribution in [0.4, 0.5) is 0 Å². The van der Waals surface area contributed by atoms with Crippen molar-refractivity contribution in [1.82, 2.24) is 14.4 Å². The van der Waals surface area contributed by atoms with E-state index in [1.54, 1.807) is 4.90 Å². The Morgan fingerprint density at radius 3 is 2.45 bits per heavy atom. The molecule has 1 fully saturated rings. The summed E-state index contributed by atoms with van der Waals surface area (Å²) in [6, 6.07) is 12.3. The van der Waals surface area contributed by atoms with Gasteiger partial charge in [-0.05, 0) is 49.9 Å². The van der Waals surface area contributed by atoms with Crippen molar-refractivity contribution < 1.29 is 9.59 Å². The Hall–Kier alpha value is -2.27. The van der Waals surface area contributed by atoms with E-state index in [0.717, 1.165) is 48.4 Å². The molecule has 0 N–H and O–H groups in total. The smallest absolute Gasteiger partial charge is 0.242 e. The molecule has 1 saturated carbocycles. The monoisotopic (exact) mass is 471 g/mol. The molecule has 1 aromatic heterocycles. The Labute approximate surface area is 203 Å². The normalized spacial score (nSPS) is 15.3. The third-order valence-corrected chi connectivity index (χ3v) is 7.31. The van der Waals surface area contributed by atoms with Crippen LogP contribution in [0.25, 0.3) is 0 Å². The Kier molecular flexibility index (Phi) is 9.42. The summed E-state index contributed by atoms with van der Waals surface area (Å²) in [7, 11) is 0. The predicted molar refractivity (Wildman–Crippen MR) is 134 cm³/mol. The van der Waals surface area contributed by atoms with Crippen molar-refractivity contribution in [3.63, 3.8) is 0 Å². The number of carbonyl (C=O) groups excluding carboxylic acids is 2. The first-order chi connectivity index (χ1) is 15.9. The summed E-state index contributed by atoms with van der Waals surface area (Å²) in [6.07, 6.45) is 8.90. The Morgan fingerprint density at radius 2 is 1.79 bits per heavy atom. The maximum absolute atomic E-state index is 13.6.